The van der Waals surface area contributed by atoms with Gasteiger partial charge in [-0.1, -0.05) is 62.4 Å². The van der Waals surface area contributed by atoms with E-state index >= 15 is 0 Å². The summed E-state index contributed by atoms with van der Waals surface area (Å²) >= 11 is 9.37. The minimum absolute atomic E-state index is 0.0394. The number of para-hydroxylation sites is 1. The number of nitrogens with one attached hydrogen (secondary N) is 9. The third-order valence-electron chi connectivity index (χ3n) is 13.7. The molecular formula is C55H80N14O13S3. The molecule has 0 aliphatic carbocycles. The van der Waals surface area contributed by atoms with Gasteiger partial charge in [-0.3, -0.25) is 52.9 Å². The number of thiol groups is 2. The van der Waals surface area contributed by atoms with Gasteiger partial charge in [0.1, 0.15) is 48.3 Å². The SMILES string of the molecule is CSCC[C@H](NC(=O)[C@H](Cc1c[nH]c2ccccc12)NC(=O)[C@@H]1CCCN1C(=O)[C@H](CCC(=O)O)NC(=O)[C@@H](N)CS)C(=O)N[C@@H](CC(C)C)C(=O)N[C@@H](CCCN=C(N)N)C(=O)N[C@@H](Cc1ccccc1)C(=O)NCC(=O)N[C@@H](CS)C(=O)O. The maximum atomic E-state index is 14.8. The van der Waals surface area contributed by atoms with E-state index in [0.29, 0.717) is 23.3 Å². The van der Waals surface area contributed by atoms with Gasteiger partial charge in [0.25, 0.3) is 0 Å². The fourth-order valence-corrected chi connectivity index (χ4v) is 10.1. The lowest BCUT2D eigenvalue weighted by Crippen LogP contribution is -2.60. The Hall–Kier alpha value is -7.57. The van der Waals surface area contributed by atoms with Crippen molar-refractivity contribution in [1.29, 1.82) is 0 Å². The number of H-pyrrole nitrogens is 1. The van der Waals surface area contributed by atoms with Crippen LogP contribution in [0, 0.1) is 5.92 Å². The first-order valence-electron chi connectivity index (χ1n) is 27.7. The minimum Gasteiger partial charge on any atom is -0.481 e. The zero-order chi connectivity index (χ0) is 62.8. The zero-order valence-electron chi connectivity index (χ0n) is 47.7. The molecule has 1 fully saturated rings. The number of guanidine groups is 1. The Bertz CT molecular complexity index is 2820. The van der Waals surface area contributed by atoms with Gasteiger partial charge in [0, 0.05) is 61.0 Å². The maximum absolute atomic E-state index is 14.8. The molecule has 466 valence electrons. The van der Waals surface area contributed by atoms with E-state index in [2.05, 4.69) is 77.8 Å². The van der Waals surface area contributed by atoms with E-state index in [0.717, 1.165) is 10.9 Å². The number of carboxylic acid groups (broad SMARTS) is 2. The Morgan fingerprint density at radius 3 is 1.93 bits per heavy atom. The number of thioether (sulfide) groups is 1. The Morgan fingerprint density at radius 2 is 1.31 bits per heavy atom. The van der Waals surface area contributed by atoms with Crippen LogP contribution in [0.3, 0.4) is 0 Å². The quantitative estimate of drug-likeness (QED) is 0.0136. The van der Waals surface area contributed by atoms with Crippen molar-refractivity contribution >= 4 is 119 Å². The number of carboxylic acids is 2. The molecular weight excluding hydrogens is 1160 g/mol. The normalized spacial score (nSPS) is 15.8. The van der Waals surface area contributed by atoms with Crippen LogP contribution < -0.4 is 59.7 Å². The topological polar surface area (TPSA) is 434 Å². The monoisotopic (exact) mass is 1240 g/mol. The number of carbonyl (C=O) groups excluding carboxylic acids is 9. The Labute approximate surface area is 507 Å². The third kappa shape index (κ3) is 23.1. The number of hydrogen-bond donors (Lipinski definition) is 16. The molecule has 27 nitrogen and oxygen atoms in total. The third-order valence-corrected chi connectivity index (χ3v) is 15.1. The van der Waals surface area contributed by atoms with Crippen LogP contribution in [0.15, 0.2) is 65.8 Å². The minimum atomic E-state index is -1.37. The highest BCUT2D eigenvalue weighted by atomic mass is 32.2. The first kappa shape index (κ1) is 69.9. The van der Waals surface area contributed by atoms with Gasteiger partial charge in [-0.05, 0) is 80.1 Å². The highest BCUT2D eigenvalue weighted by Crippen LogP contribution is 2.23. The summed E-state index contributed by atoms with van der Waals surface area (Å²) in [5.74, 6) is -9.99. The predicted octanol–water partition coefficient (Wildman–Crippen LogP) is -1.56. The summed E-state index contributed by atoms with van der Waals surface area (Å²) in [4.78, 5) is 157. The molecule has 9 amide bonds. The molecule has 0 spiro atoms. The van der Waals surface area contributed by atoms with Crippen molar-refractivity contribution < 1.29 is 63.0 Å². The molecule has 9 atom stereocenters. The molecule has 17 N–H and O–H groups in total. The van der Waals surface area contributed by atoms with Crippen LogP contribution in [-0.4, -0.2) is 189 Å². The molecule has 4 rings (SSSR count). The van der Waals surface area contributed by atoms with Gasteiger partial charge >= 0.3 is 11.9 Å². The number of fused-ring (bicyclic) bond motifs is 1. The Kier molecular flexibility index (Phi) is 29.3. The van der Waals surface area contributed by atoms with Crippen molar-refractivity contribution in [2.45, 2.75) is 132 Å². The molecule has 2 aromatic carbocycles. The number of nitrogens with zero attached hydrogens (tertiary/aromatic N) is 2. The molecule has 0 radical (unpaired) electrons. The van der Waals surface area contributed by atoms with Gasteiger partial charge in [0.05, 0.1) is 12.6 Å². The first-order chi connectivity index (χ1) is 40.5. The number of rotatable bonds is 36. The van der Waals surface area contributed by atoms with Crippen LogP contribution in [0.1, 0.15) is 76.3 Å². The van der Waals surface area contributed by atoms with E-state index in [1.54, 1.807) is 62.7 Å². The predicted molar refractivity (Wildman–Crippen MR) is 326 cm³/mol. The van der Waals surface area contributed by atoms with Crippen molar-refractivity contribution in [3.05, 3.63) is 71.9 Å². The average Bonchev–Trinajstić information content (AvgIpc) is 3.33. The van der Waals surface area contributed by atoms with Crippen molar-refractivity contribution in [3.63, 3.8) is 0 Å². The van der Waals surface area contributed by atoms with Gasteiger partial charge in [-0.2, -0.15) is 37.0 Å². The molecule has 1 aromatic heterocycles. The van der Waals surface area contributed by atoms with E-state index in [-0.39, 0.29) is 87.8 Å². The number of aliphatic carboxylic acids is 2. The number of likely N-dealkylation sites (tertiary alicyclic amines) is 1. The maximum Gasteiger partial charge on any atom is 0.327 e. The molecule has 2 heterocycles. The summed E-state index contributed by atoms with van der Waals surface area (Å²) in [6, 6.07) is 4.21. The Balaban J connectivity index is 1.62. The number of hydrogen-bond acceptors (Lipinski definition) is 16. The number of aromatic amines is 1. The highest BCUT2D eigenvalue weighted by Gasteiger charge is 2.40. The lowest BCUT2D eigenvalue weighted by molar-refractivity contribution is -0.143. The molecule has 1 saturated heterocycles. The first-order valence-corrected chi connectivity index (χ1v) is 30.4. The number of carbonyl (C=O) groups is 11. The molecule has 0 bridgehead atoms. The smallest absolute Gasteiger partial charge is 0.327 e. The summed E-state index contributed by atoms with van der Waals surface area (Å²) in [6.45, 7) is 3.06. The van der Waals surface area contributed by atoms with Gasteiger partial charge < -0.3 is 79.8 Å². The van der Waals surface area contributed by atoms with Crippen molar-refractivity contribution in [2.75, 3.05) is 43.1 Å². The van der Waals surface area contributed by atoms with E-state index in [4.69, 9.17) is 17.2 Å². The highest BCUT2D eigenvalue weighted by molar-refractivity contribution is 7.98. The Morgan fingerprint density at radius 1 is 0.706 bits per heavy atom. The fraction of sp³-hybridized carbons (Fsp3) is 0.527. The van der Waals surface area contributed by atoms with Crippen LogP contribution in [0.5, 0.6) is 0 Å². The number of aliphatic imine (C=N–C) groups is 1. The number of aromatic nitrogens is 1. The van der Waals surface area contributed by atoms with E-state index in [9.17, 15) is 63.0 Å². The molecule has 3 aromatic rings. The van der Waals surface area contributed by atoms with Crippen molar-refractivity contribution in [2.24, 2.45) is 28.1 Å². The summed E-state index contributed by atoms with van der Waals surface area (Å²) in [5, 5.41) is 40.5. The summed E-state index contributed by atoms with van der Waals surface area (Å²) < 4.78 is 0. The van der Waals surface area contributed by atoms with Crippen molar-refractivity contribution in [3.8, 4) is 0 Å². The van der Waals surface area contributed by atoms with Crippen LogP contribution >= 0.6 is 37.0 Å². The largest absolute Gasteiger partial charge is 0.481 e. The lowest BCUT2D eigenvalue weighted by Gasteiger charge is -2.30. The molecule has 85 heavy (non-hydrogen) atoms. The molecule has 0 saturated carbocycles. The number of benzene rings is 2. The molecule has 1 aliphatic rings. The standard InChI is InChI=1S/C55H80N14O13S3/c1-30(2)23-39(50(77)63-36(15-9-20-59-55(57)58)48(75)67-40(24-31-11-5-4-6-12-31)47(74)61-27-44(70)62-42(29-84)54(81)82)66-49(76)37(19-22-85-3)64-51(78)41(25-32-26-60-35-14-8-7-13-33(32)35)68-52(79)43-16-10-21-69(43)53(80)38(17-18-45(71)72)65-46(73)34(56)28-83/h4-8,11-14,26,30,34,36-43,60,83-84H,9-10,15-25,27-29,56H2,1-3H3,(H,61,74)(H,62,70)(H,63,77)(H,64,78)(H,65,73)(H,66,76)(H,67,75)(H,68,79)(H,71,72)(H,81,82)(H4,57,58,59)/t34-,36-,37-,38-,39-,40-,41-,42-,43-/m0/s1. The van der Waals surface area contributed by atoms with Gasteiger partial charge in [0.15, 0.2) is 5.96 Å². The van der Waals surface area contributed by atoms with E-state index in [1.165, 1.54) is 16.7 Å². The van der Waals surface area contributed by atoms with Crippen LogP contribution in [-0.2, 0) is 65.6 Å². The fourth-order valence-electron chi connectivity index (χ4n) is 9.24. The number of amides is 9. The molecule has 1 aliphatic heterocycles. The summed E-state index contributed by atoms with van der Waals surface area (Å²) in [6.07, 6.45) is 3.18. The lowest BCUT2D eigenvalue weighted by atomic mass is 10.0. The second-order valence-corrected chi connectivity index (χ2v) is 22.5. The molecule has 30 heteroatoms. The summed E-state index contributed by atoms with van der Waals surface area (Å²) in [5.41, 5.74) is 18.9. The van der Waals surface area contributed by atoms with Gasteiger partial charge in [-0.25, -0.2) is 4.79 Å². The van der Waals surface area contributed by atoms with Gasteiger partial charge in [0.2, 0.25) is 53.2 Å². The van der Waals surface area contributed by atoms with Crippen LogP contribution in [0.4, 0.5) is 0 Å². The number of nitrogens with two attached hydrogens (primary N) is 3. The average molecular weight is 1240 g/mol. The van der Waals surface area contributed by atoms with Crippen LogP contribution in [0.25, 0.3) is 10.9 Å². The van der Waals surface area contributed by atoms with Crippen LogP contribution in [0.2, 0.25) is 0 Å². The van der Waals surface area contributed by atoms with E-state index < -0.39 is 132 Å². The van der Waals surface area contributed by atoms with Crippen molar-refractivity contribution in [1.82, 2.24) is 52.4 Å². The second kappa shape index (κ2) is 35.7. The van der Waals surface area contributed by atoms with E-state index in [1.807, 2.05) is 18.2 Å². The zero-order valence-corrected chi connectivity index (χ0v) is 50.3. The van der Waals surface area contributed by atoms with Gasteiger partial charge in [-0.15, -0.1) is 0 Å². The molecule has 0 unspecified atom stereocenters. The second-order valence-electron chi connectivity index (χ2n) is 20.8. The summed E-state index contributed by atoms with van der Waals surface area (Å²) in [7, 11) is 0.